The third-order valence-electron chi connectivity index (χ3n) is 2.52. The number of carbonyl (C=O) groups excluding carboxylic acids is 1. The summed E-state index contributed by atoms with van der Waals surface area (Å²) in [4.78, 5) is 19.9. The van der Waals surface area contributed by atoms with Crippen LogP contribution in [0.25, 0.3) is 0 Å². The van der Waals surface area contributed by atoms with Gasteiger partial charge in [-0.05, 0) is 36.8 Å². The first-order valence-corrected chi connectivity index (χ1v) is 7.28. The molecule has 0 bridgehead atoms. The highest BCUT2D eigenvalue weighted by atomic mass is 32.2. The average Bonchev–Trinajstić information content (AvgIpc) is 2.47. The Kier molecular flexibility index (Phi) is 5.37. The normalized spacial score (nSPS) is 10.2. The first-order chi connectivity index (χ1) is 9.74. The lowest BCUT2D eigenvalue weighted by Crippen LogP contribution is -2.11. The van der Waals surface area contributed by atoms with Crippen molar-refractivity contribution in [1.29, 1.82) is 0 Å². The van der Waals surface area contributed by atoms with E-state index in [2.05, 4.69) is 15.3 Å². The summed E-state index contributed by atoms with van der Waals surface area (Å²) in [5, 5.41) is 3.57. The van der Waals surface area contributed by atoms with Crippen LogP contribution in [0.2, 0.25) is 0 Å². The number of amides is 1. The molecule has 0 saturated heterocycles. The second-order valence-electron chi connectivity index (χ2n) is 4.15. The van der Waals surface area contributed by atoms with Gasteiger partial charge < -0.3 is 11.1 Å². The number of rotatable bonds is 6. The van der Waals surface area contributed by atoms with Crippen molar-refractivity contribution < 1.29 is 4.79 Å². The molecular formula is C14H16N4OS. The SMILES string of the molecule is Nc1ccc(NC(=O)CCCSc2ncccn2)cc1. The number of anilines is 2. The summed E-state index contributed by atoms with van der Waals surface area (Å²) in [6, 6.07) is 8.89. The summed E-state index contributed by atoms with van der Waals surface area (Å²) in [5.41, 5.74) is 7.03. The second kappa shape index (κ2) is 7.49. The molecule has 1 amide bonds. The lowest BCUT2D eigenvalue weighted by Gasteiger charge is -2.05. The molecule has 104 valence electrons. The van der Waals surface area contributed by atoms with E-state index in [1.165, 1.54) is 0 Å². The van der Waals surface area contributed by atoms with Gasteiger partial charge in [0.2, 0.25) is 5.91 Å². The average molecular weight is 288 g/mol. The Bertz CT molecular complexity index is 545. The van der Waals surface area contributed by atoms with Gasteiger partial charge in [-0.3, -0.25) is 4.79 Å². The van der Waals surface area contributed by atoms with Crippen LogP contribution >= 0.6 is 11.8 Å². The van der Waals surface area contributed by atoms with Crippen LogP contribution in [-0.2, 0) is 4.79 Å². The van der Waals surface area contributed by atoms with E-state index in [0.29, 0.717) is 12.1 Å². The number of thioether (sulfide) groups is 1. The number of nitrogens with zero attached hydrogens (tertiary/aromatic N) is 2. The summed E-state index contributed by atoms with van der Waals surface area (Å²) >= 11 is 1.55. The zero-order chi connectivity index (χ0) is 14.2. The largest absolute Gasteiger partial charge is 0.399 e. The molecule has 20 heavy (non-hydrogen) atoms. The second-order valence-corrected chi connectivity index (χ2v) is 5.22. The quantitative estimate of drug-likeness (QED) is 0.369. The number of hydrogen-bond donors (Lipinski definition) is 2. The monoisotopic (exact) mass is 288 g/mol. The molecule has 3 N–H and O–H groups in total. The highest BCUT2D eigenvalue weighted by Crippen LogP contribution is 2.14. The van der Waals surface area contributed by atoms with Crippen LogP contribution in [0.4, 0.5) is 11.4 Å². The Morgan fingerprint density at radius 1 is 1.20 bits per heavy atom. The van der Waals surface area contributed by atoms with Crippen molar-refractivity contribution >= 4 is 29.0 Å². The van der Waals surface area contributed by atoms with E-state index in [1.54, 1.807) is 54.5 Å². The number of nitrogens with one attached hydrogen (secondary N) is 1. The molecule has 0 aliphatic rings. The van der Waals surface area contributed by atoms with Crippen molar-refractivity contribution in [2.75, 3.05) is 16.8 Å². The van der Waals surface area contributed by atoms with Crippen LogP contribution < -0.4 is 11.1 Å². The van der Waals surface area contributed by atoms with Crippen LogP contribution in [0.15, 0.2) is 47.9 Å². The maximum Gasteiger partial charge on any atom is 0.224 e. The minimum absolute atomic E-state index is 0.00403. The molecule has 1 aromatic carbocycles. The molecule has 0 aliphatic heterocycles. The van der Waals surface area contributed by atoms with E-state index < -0.39 is 0 Å². The standard InChI is InChI=1S/C14H16N4OS/c15-11-4-6-12(7-5-11)18-13(19)3-1-10-20-14-16-8-2-9-17-14/h2,4-9H,1,3,10,15H2,(H,18,19). The van der Waals surface area contributed by atoms with Crippen molar-refractivity contribution in [2.24, 2.45) is 0 Å². The van der Waals surface area contributed by atoms with Crippen molar-refractivity contribution in [3.05, 3.63) is 42.7 Å². The van der Waals surface area contributed by atoms with Crippen LogP contribution in [-0.4, -0.2) is 21.6 Å². The molecule has 1 aromatic heterocycles. The fourth-order valence-corrected chi connectivity index (χ4v) is 2.29. The highest BCUT2D eigenvalue weighted by molar-refractivity contribution is 7.99. The molecule has 0 spiro atoms. The summed E-state index contributed by atoms with van der Waals surface area (Å²) in [7, 11) is 0. The van der Waals surface area contributed by atoms with Gasteiger partial charge in [-0.1, -0.05) is 11.8 Å². The smallest absolute Gasteiger partial charge is 0.224 e. The van der Waals surface area contributed by atoms with Gasteiger partial charge >= 0.3 is 0 Å². The number of nitrogen functional groups attached to an aromatic ring is 1. The maximum absolute atomic E-state index is 11.7. The Balaban J connectivity index is 1.66. The molecule has 0 radical (unpaired) electrons. The van der Waals surface area contributed by atoms with Crippen molar-refractivity contribution in [3.8, 4) is 0 Å². The Labute approximate surface area is 122 Å². The van der Waals surface area contributed by atoms with Crippen LogP contribution in [0.1, 0.15) is 12.8 Å². The minimum Gasteiger partial charge on any atom is -0.399 e. The van der Waals surface area contributed by atoms with Gasteiger partial charge in [0.15, 0.2) is 5.16 Å². The predicted molar refractivity (Wildman–Crippen MR) is 81.5 cm³/mol. The highest BCUT2D eigenvalue weighted by Gasteiger charge is 2.03. The van der Waals surface area contributed by atoms with E-state index in [-0.39, 0.29) is 5.91 Å². The van der Waals surface area contributed by atoms with Gasteiger partial charge in [0.05, 0.1) is 0 Å². The van der Waals surface area contributed by atoms with Gasteiger partial charge in [0, 0.05) is 35.9 Å². The van der Waals surface area contributed by atoms with Gasteiger partial charge in [0.1, 0.15) is 0 Å². The maximum atomic E-state index is 11.7. The van der Waals surface area contributed by atoms with Crippen molar-refractivity contribution in [2.45, 2.75) is 18.0 Å². The third-order valence-corrected chi connectivity index (χ3v) is 3.48. The van der Waals surface area contributed by atoms with Crippen molar-refractivity contribution in [3.63, 3.8) is 0 Å². The van der Waals surface area contributed by atoms with Crippen molar-refractivity contribution in [1.82, 2.24) is 9.97 Å². The number of aromatic nitrogens is 2. The first kappa shape index (κ1) is 14.3. The van der Waals surface area contributed by atoms with Crippen LogP contribution in [0, 0.1) is 0 Å². The molecule has 0 fully saturated rings. The third kappa shape index (κ3) is 4.89. The number of nitrogens with two attached hydrogens (primary N) is 1. The molecule has 2 rings (SSSR count). The van der Waals surface area contributed by atoms with Crippen LogP contribution in [0.3, 0.4) is 0 Å². The molecular weight excluding hydrogens is 272 g/mol. The van der Waals surface area contributed by atoms with E-state index in [9.17, 15) is 4.79 Å². The molecule has 6 heteroatoms. The van der Waals surface area contributed by atoms with E-state index in [1.807, 2.05) is 0 Å². The summed E-state index contributed by atoms with van der Waals surface area (Å²) < 4.78 is 0. The van der Waals surface area contributed by atoms with E-state index in [0.717, 1.165) is 23.0 Å². The topological polar surface area (TPSA) is 80.9 Å². The molecule has 0 saturated carbocycles. The minimum atomic E-state index is 0.00403. The molecule has 2 aromatic rings. The zero-order valence-corrected chi connectivity index (χ0v) is 11.8. The fraction of sp³-hybridized carbons (Fsp3) is 0.214. The Morgan fingerprint density at radius 3 is 2.60 bits per heavy atom. The first-order valence-electron chi connectivity index (χ1n) is 6.29. The van der Waals surface area contributed by atoms with Gasteiger partial charge in [-0.2, -0.15) is 0 Å². The molecule has 5 nitrogen and oxygen atoms in total. The lowest BCUT2D eigenvalue weighted by atomic mass is 10.2. The van der Waals surface area contributed by atoms with Crippen LogP contribution in [0.5, 0.6) is 0 Å². The fourth-order valence-electron chi connectivity index (χ4n) is 1.55. The van der Waals surface area contributed by atoms with Gasteiger partial charge in [-0.15, -0.1) is 0 Å². The Hall–Kier alpha value is -2.08. The number of benzene rings is 1. The number of hydrogen-bond acceptors (Lipinski definition) is 5. The summed E-state index contributed by atoms with van der Waals surface area (Å²) in [6.07, 6.45) is 4.68. The number of carbonyl (C=O) groups is 1. The Morgan fingerprint density at radius 2 is 1.90 bits per heavy atom. The summed E-state index contributed by atoms with van der Waals surface area (Å²) in [6.45, 7) is 0. The zero-order valence-electron chi connectivity index (χ0n) is 11.0. The predicted octanol–water partition coefficient (Wildman–Crippen LogP) is 2.57. The summed E-state index contributed by atoms with van der Waals surface area (Å²) in [5.74, 6) is 0.823. The molecule has 0 unspecified atom stereocenters. The molecule has 0 aliphatic carbocycles. The van der Waals surface area contributed by atoms with Gasteiger partial charge in [-0.25, -0.2) is 9.97 Å². The van der Waals surface area contributed by atoms with E-state index >= 15 is 0 Å². The van der Waals surface area contributed by atoms with Gasteiger partial charge in [0.25, 0.3) is 0 Å². The molecule has 0 atom stereocenters. The van der Waals surface area contributed by atoms with E-state index in [4.69, 9.17) is 5.73 Å². The lowest BCUT2D eigenvalue weighted by molar-refractivity contribution is -0.116. The molecule has 1 heterocycles.